The molecule has 0 saturated heterocycles. The molecule has 0 atom stereocenters. The number of nitrogens with zero attached hydrogens (tertiary/aromatic N) is 1. The molecule has 2 aromatic rings. The van der Waals surface area contributed by atoms with Crippen LogP contribution in [0.5, 0.6) is 5.88 Å². The Morgan fingerprint density at radius 3 is 2.24 bits per heavy atom. The normalized spacial score (nSPS) is 11.6. The average molecular weight is 286 g/mol. The summed E-state index contributed by atoms with van der Waals surface area (Å²) in [6.07, 6.45) is 2.05. The fourth-order valence-electron chi connectivity index (χ4n) is 2.92. The van der Waals surface area contributed by atoms with Crippen molar-refractivity contribution in [2.45, 2.75) is 45.4 Å². The predicted octanol–water partition coefficient (Wildman–Crippen LogP) is 3.14. The lowest BCUT2D eigenvalue weighted by Crippen LogP contribution is -2.32. The van der Waals surface area contributed by atoms with Crippen LogP contribution in [0.2, 0.25) is 0 Å². The van der Waals surface area contributed by atoms with Crippen molar-refractivity contribution >= 4 is 0 Å². The van der Waals surface area contributed by atoms with Gasteiger partial charge in [0.25, 0.3) is 5.56 Å². The lowest BCUT2D eigenvalue weighted by atomic mass is 9.75. The van der Waals surface area contributed by atoms with Crippen molar-refractivity contribution in [1.82, 2.24) is 9.97 Å². The van der Waals surface area contributed by atoms with Crippen molar-refractivity contribution in [2.24, 2.45) is 0 Å². The topological polar surface area (TPSA) is 66.0 Å². The van der Waals surface area contributed by atoms with Gasteiger partial charge in [-0.3, -0.25) is 4.79 Å². The number of benzene rings is 1. The number of nitrogens with one attached hydrogen (secondary N) is 1. The molecule has 0 bridgehead atoms. The minimum Gasteiger partial charge on any atom is -0.493 e. The Hall–Kier alpha value is -2.10. The van der Waals surface area contributed by atoms with Crippen molar-refractivity contribution in [3.8, 4) is 5.88 Å². The second kappa shape index (κ2) is 6.12. The van der Waals surface area contributed by atoms with Crippen LogP contribution in [-0.2, 0) is 11.8 Å². The Kier molecular flexibility index (Phi) is 4.46. The minimum absolute atomic E-state index is 0.154. The second-order valence-corrected chi connectivity index (χ2v) is 5.23. The zero-order chi connectivity index (χ0) is 15.5. The molecule has 0 amide bonds. The summed E-state index contributed by atoms with van der Waals surface area (Å²) in [5, 5.41) is 10.0. The van der Waals surface area contributed by atoms with Gasteiger partial charge in [0.05, 0.1) is 11.0 Å². The maximum Gasteiger partial charge on any atom is 0.257 e. The van der Waals surface area contributed by atoms with Gasteiger partial charge in [0.1, 0.15) is 5.82 Å². The van der Waals surface area contributed by atoms with Gasteiger partial charge < -0.3 is 10.1 Å². The summed E-state index contributed by atoms with van der Waals surface area (Å²) in [6, 6.07) is 10.0. The molecular formula is C17H22N2O2. The van der Waals surface area contributed by atoms with Crippen LogP contribution in [0.25, 0.3) is 0 Å². The molecule has 0 fully saturated rings. The van der Waals surface area contributed by atoms with Crippen molar-refractivity contribution in [1.29, 1.82) is 0 Å². The van der Waals surface area contributed by atoms with E-state index in [1.165, 1.54) is 0 Å². The Balaban J connectivity index is 2.67. The van der Waals surface area contributed by atoms with Crippen LogP contribution in [0.4, 0.5) is 0 Å². The van der Waals surface area contributed by atoms with Crippen LogP contribution in [0, 0.1) is 0 Å². The quantitative estimate of drug-likeness (QED) is 0.887. The Bertz CT molecular complexity index is 658. The van der Waals surface area contributed by atoms with E-state index in [1.807, 2.05) is 37.3 Å². The monoisotopic (exact) mass is 286 g/mol. The average Bonchev–Trinajstić information content (AvgIpc) is 2.50. The fourth-order valence-corrected chi connectivity index (χ4v) is 2.92. The van der Waals surface area contributed by atoms with Crippen molar-refractivity contribution in [2.75, 3.05) is 0 Å². The molecule has 0 saturated carbocycles. The Morgan fingerprint density at radius 1 is 1.14 bits per heavy atom. The van der Waals surface area contributed by atoms with Crippen LogP contribution in [0.1, 0.15) is 50.6 Å². The van der Waals surface area contributed by atoms with E-state index in [4.69, 9.17) is 0 Å². The maximum atomic E-state index is 12.1. The molecule has 0 aliphatic rings. The highest BCUT2D eigenvalue weighted by atomic mass is 16.3. The van der Waals surface area contributed by atoms with E-state index in [-0.39, 0.29) is 16.9 Å². The molecule has 0 unspecified atom stereocenters. The van der Waals surface area contributed by atoms with E-state index < -0.39 is 0 Å². The van der Waals surface area contributed by atoms with Crippen molar-refractivity contribution in [3.63, 3.8) is 0 Å². The van der Waals surface area contributed by atoms with E-state index in [0.29, 0.717) is 17.8 Å². The molecule has 4 heteroatoms. The van der Waals surface area contributed by atoms with E-state index in [0.717, 1.165) is 18.4 Å². The maximum absolute atomic E-state index is 12.1. The molecule has 0 aliphatic carbocycles. The molecule has 0 aliphatic heterocycles. The number of aromatic hydroxyl groups is 1. The van der Waals surface area contributed by atoms with Gasteiger partial charge in [-0.1, -0.05) is 51.1 Å². The van der Waals surface area contributed by atoms with Crippen molar-refractivity contribution < 1.29 is 5.11 Å². The number of rotatable bonds is 5. The Morgan fingerprint density at radius 2 is 1.76 bits per heavy atom. The van der Waals surface area contributed by atoms with Gasteiger partial charge in [-0.25, -0.2) is 0 Å². The number of aromatic nitrogens is 2. The summed E-state index contributed by atoms with van der Waals surface area (Å²) in [4.78, 5) is 19.3. The van der Waals surface area contributed by atoms with Gasteiger partial charge in [-0.2, -0.15) is 4.98 Å². The van der Waals surface area contributed by atoms with Crippen LogP contribution in [-0.4, -0.2) is 15.1 Å². The highest BCUT2D eigenvalue weighted by molar-refractivity contribution is 5.35. The van der Waals surface area contributed by atoms with Crippen LogP contribution >= 0.6 is 0 Å². The van der Waals surface area contributed by atoms with Crippen molar-refractivity contribution in [3.05, 3.63) is 57.6 Å². The fraction of sp³-hybridized carbons (Fsp3) is 0.412. The number of H-pyrrole nitrogens is 1. The number of hydrogen-bond acceptors (Lipinski definition) is 3. The van der Waals surface area contributed by atoms with E-state index in [9.17, 15) is 9.90 Å². The molecule has 1 aromatic heterocycles. The van der Waals surface area contributed by atoms with E-state index >= 15 is 0 Å². The summed E-state index contributed by atoms with van der Waals surface area (Å²) in [5.74, 6) is 0.386. The summed E-state index contributed by atoms with van der Waals surface area (Å²) in [7, 11) is 0. The number of hydrogen-bond donors (Lipinski definition) is 2. The van der Waals surface area contributed by atoms with Gasteiger partial charge in [0.2, 0.25) is 5.88 Å². The van der Waals surface area contributed by atoms with Gasteiger partial charge in [-0.15, -0.1) is 0 Å². The molecule has 1 aromatic carbocycles. The highest BCUT2D eigenvalue weighted by Gasteiger charge is 2.34. The first-order valence-electron chi connectivity index (χ1n) is 7.47. The minimum atomic E-state index is -0.385. The molecule has 4 nitrogen and oxygen atoms in total. The molecule has 112 valence electrons. The summed E-state index contributed by atoms with van der Waals surface area (Å²) < 4.78 is 0. The first-order chi connectivity index (χ1) is 10.1. The predicted molar refractivity (Wildman–Crippen MR) is 83.7 cm³/mol. The first-order valence-corrected chi connectivity index (χ1v) is 7.47. The smallest absolute Gasteiger partial charge is 0.257 e. The first kappa shape index (κ1) is 15.3. The van der Waals surface area contributed by atoms with Crippen LogP contribution in [0.3, 0.4) is 0 Å². The van der Waals surface area contributed by atoms with Gasteiger partial charge in [0, 0.05) is 0 Å². The van der Waals surface area contributed by atoms with E-state index in [1.54, 1.807) is 0 Å². The number of aromatic amines is 1. The zero-order valence-corrected chi connectivity index (χ0v) is 12.8. The lowest BCUT2D eigenvalue weighted by Gasteiger charge is -2.31. The molecule has 0 spiro atoms. The molecular weight excluding hydrogens is 264 g/mol. The summed E-state index contributed by atoms with van der Waals surface area (Å²) >= 11 is 0. The van der Waals surface area contributed by atoms with Gasteiger partial charge >= 0.3 is 0 Å². The highest BCUT2D eigenvalue weighted by Crippen LogP contribution is 2.36. The van der Waals surface area contributed by atoms with Crippen LogP contribution in [0.15, 0.2) is 35.1 Å². The summed E-state index contributed by atoms with van der Waals surface area (Å²) in [6.45, 7) is 5.97. The third-order valence-electron chi connectivity index (χ3n) is 4.33. The molecule has 1 heterocycles. The standard InChI is InChI=1S/C17H22N2O2/c1-4-13-14(20)18-16(19-15(13)21)17(5-2,6-3)12-10-8-7-9-11-12/h7-11H,4-6H2,1-3H3,(H2,18,19,20,21). The lowest BCUT2D eigenvalue weighted by molar-refractivity contribution is 0.407. The van der Waals surface area contributed by atoms with Gasteiger partial charge in [-0.05, 0) is 24.8 Å². The third kappa shape index (κ3) is 2.58. The third-order valence-corrected chi connectivity index (χ3v) is 4.33. The summed E-state index contributed by atoms with van der Waals surface area (Å²) in [5.41, 5.74) is 0.807. The molecule has 2 N–H and O–H groups in total. The van der Waals surface area contributed by atoms with E-state index in [2.05, 4.69) is 23.8 Å². The molecule has 0 radical (unpaired) electrons. The molecule has 21 heavy (non-hydrogen) atoms. The SMILES string of the molecule is CCc1c(O)nc(C(CC)(CC)c2ccccc2)[nH]c1=O. The zero-order valence-electron chi connectivity index (χ0n) is 12.8. The van der Waals surface area contributed by atoms with Crippen LogP contribution < -0.4 is 5.56 Å². The Labute approximate surface area is 124 Å². The molecule has 2 rings (SSSR count). The van der Waals surface area contributed by atoms with Gasteiger partial charge in [0.15, 0.2) is 0 Å². The second-order valence-electron chi connectivity index (χ2n) is 5.23. The largest absolute Gasteiger partial charge is 0.493 e.